The van der Waals surface area contributed by atoms with Crippen molar-refractivity contribution in [2.45, 2.75) is 45.1 Å². The molecule has 0 saturated heterocycles. The lowest BCUT2D eigenvalue weighted by Gasteiger charge is -2.30. The van der Waals surface area contributed by atoms with E-state index >= 15 is 0 Å². The summed E-state index contributed by atoms with van der Waals surface area (Å²) in [5, 5.41) is 0. The van der Waals surface area contributed by atoms with Crippen molar-refractivity contribution in [2.24, 2.45) is 5.92 Å². The first-order valence-corrected chi connectivity index (χ1v) is 6.41. The topological polar surface area (TPSA) is 39.2 Å². The summed E-state index contributed by atoms with van der Waals surface area (Å²) in [5.74, 6) is 1.29. The molecule has 0 aliphatic heterocycles. The molecule has 17 heavy (non-hydrogen) atoms. The van der Waals surface area contributed by atoms with E-state index in [1.807, 2.05) is 0 Å². The minimum Gasteiger partial charge on any atom is -0.474 e. The Hall–Kier alpha value is -1.38. The first-order chi connectivity index (χ1) is 8.33. The minimum absolute atomic E-state index is 0.295. The largest absolute Gasteiger partial charge is 0.474 e. The van der Waals surface area contributed by atoms with Crippen LogP contribution in [0.15, 0.2) is 18.3 Å². The van der Waals surface area contributed by atoms with Crippen LogP contribution in [-0.4, -0.2) is 17.4 Å². The Balaban J connectivity index is 2.00. The summed E-state index contributed by atoms with van der Waals surface area (Å²) in [7, 11) is 0. The van der Waals surface area contributed by atoms with Crippen LogP contribution in [0.4, 0.5) is 0 Å². The lowest BCUT2D eigenvalue weighted by molar-refractivity contribution is 0.0858. The molecule has 0 spiro atoms. The molecule has 2 atom stereocenters. The van der Waals surface area contributed by atoms with Crippen molar-refractivity contribution in [3.05, 3.63) is 23.9 Å². The standard InChI is InChI=1S/C14H19NO2/c1-2-12-5-3-4-6-13(12)17-14-8-7-11(10-16)9-15-14/h7-10,12-13H,2-6H2,1H3. The van der Waals surface area contributed by atoms with Crippen LogP contribution in [0, 0.1) is 5.92 Å². The zero-order valence-corrected chi connectivity index (χ0v) is 10.3. The van der Waals surface area contributed by atoms with Crippen molar-refractivity contribution in [2.75, 3.05) is 0 Å². The quantitative estimate of drug-likeness (QED) is 0.749. The van der Waals surface area contributed by atoms with Crippen molar-refractivity contribution in [3.8, 4) is 5.88 Å². The van der Waals surface area contributed by atoms with Gasteiger partial charge in [0.2, 0.25) is 5.88 Å². The third kappa shape index (κ3) is 3.05. The Kier molecular flexibility index (Phi) is 4.13. The molecule has 2 rings (SSSR count). The number of aromatic nitrogens is 1. The smallest absolute Gasteiger partial charge is 0.213 e. The molecule has 1 aromatic rings. The highest BCUT2D eigenvalue weighted by atomic mass is 16.5. The molecule has 3 nitrogen and oxygen atoms in total. The van der Waals surface area contributed by atoms with Crippen molar-refractivity contribution in [3.63, 3.8) is 0 Å². The maximum Gasteiger partial charge on any atom is 0.213 e. The fraction of sp³-hybridized carbons (Fsp3) is 0.571. The molecule has 0 bridgehead atoms. The van der Waals surface area contributed by atoms with Gasteiger partial charge in [0.15, 0.2) is 6.29 Å². The molecule has 0 radical (unpaired) electrons. The molecule has 2 unspecified atom stereocenters. The van der Waals surface area contributed by atoms with Gasteiger partial charge in [0, 0.05) is 17.8 Å². The Morgan fingerprint density at radius 1 is 1.41 bits per heavy atom. The van der Waals surface area contributed by atoms with Crippen LogP contribution < -0.4 is 4.74 Å². The third-order valence-corrected chi connectivity index (χ3v) is 3.53. The second kappa shape index (κ2) is 5.80. The summed E-state index contributed by atoms with van der Waals surface area (Å²) < 4.78 is 5.93. The van der Waals surface area contributed by atoms with Crippen LogP contribution >= 0.6 is 0 Å². The zero-order valence-electron chi connectivity index (χ0n) is 10.3. The predicted octanol–water partition coefficient (Wildman–Crippen LogP) is 3.24. The van der Waals surface area contributed by atoms with Gasteiger partial charge in [-0.15, -0.1) is 0 Å². The number of hydrogen-bond acceptors (Lipinski definition) is 3. The first-order valence-electron chi connectivity index (χ1n) is 6.41. The van der Waals surface area contributed by atoms with E-state index in [4.69, 9.17) is 4.74 Å². The highest BCUT2D eigenvalue weighted by molar-refractivity contribution is 5.73. The minimum atomic E-state index is 0.295. The maximum atomic E-state index is 10.5. The van der Waals surface area contributed by atoms with Crippen LogP contribution in [-0.2, 0) is 0 Å². The van der Waals surface area contributed by atoms with E-state index in [0.29, 0.717) is 23.5 Å². The van der Waals surface area contributed by atoms with E-state index in [2.05, 4.69) is 11.9 Å². The summed E-state index contributed by atoms with van der Waals surface area (Å²) >= 11 is 0. The first kappa shape index (κ1) is 12.1. The van der Waals surface area contributed by atoms with E-state index in [9.17, 15) is 4.79 Å². The Morgan fingerprint density at radius 3 is 2.88 bits per heavy atom. The molecule has 1 aliphatic rings. The molecule has 1 aromatic heterocycles. The second-order valence-electron chi connectivity index (χ2n) is 4.66. The molecule has 1 saturated carbocycles. The van der Waals surface area contributed by atoms with Crippen molar-refractivity contribution in [1.82, 2.24) is 4.98 Å². The lowest BCUT2D eigenvalue weighted by atomic mass is 9.85. The normalized spacial score (nSPS) is 24.3. The molecular weight excluding hydrogens is 214 g/mol. The monoisotopic (exact) mass is 233 g/mol. The predicted molar refractivity (Wildman–Crippen MR) is 66.3 cm³/mol. The second-order valence-corrected chi connectivity index (χ2v) is 4.66. The number of pyridine rings is 1. The average Bonchev–Trinajstić information content (AvgIpc) is 2.40. The van der Waals surface area contributed by atoms with Gasteiger partial charge in [-0.05, 0) is 37.7 Å². The van der Waals surface area contributed by atoms with E-state index in [-0.39, 0.29) is 0 Å². The van der Waals surface area contributed by atoms with Gasteiger partial charge in [-0.3, -0.25) is 4.79 Å². The number of rotatable bonds is 4. The molecule has 0 N–H and O–H groups in total. The van der Waals surface area contributed by atoms with Crippen LogP contribution in [0.5, 0.6) is 5.88 Å². The number of carbonyl (C=O) groups is 1. The lowest BCUT2D eigenvalue weighted by Crippen LogP contribution is -2.30. The SMILES string of the molecule is CCC1CCCCC1Oc1ccc(C=O)cn1. The van der Waals surface area contributed by atoms with Gasteiger partial charge in [0.1, 0.15) is 6.10 Å². The van der Waals surface area contributed by atoms with Gasteiger partial charge < -0.3 is 4.74 Å². The summed E-state index contributed by atoms with van der Waals surface area (Å²) in [6.45, 7) is 2.22. The van der Waals surface area contributed by atoms with Gasteiger partial charge in [0.05, 0.1) is 0 Å². The molecule has 1 aliphatic carbocycles. The maximum absolute atomic E-state index is 10.5. The number of nitrogens with zero attached hydrogens (tertiary/aromatic N) is 1. The molecular formula is C14H19NO2. The van der Waals surface area contributed by atoms with Crippen molar-refractivity contribution < 1.29 is 9.53 Å². The molecule has 1 heterocycles. The highest BCUT2D eigenvalue weighted by Gasteiger charge is 2.25. The highest BCUT2D eigenvalue weighted by Crippen LogP contribution is 2.29. The fourth-order valence-electron chi connectivity index (χ4n) is 2.48. The molecule has 0 amide bonds. The van der Waals surface area contributed by atoms with Gasteiger partial charge >= 0.3 is 0 Å². The molecule has 1 fully saturated rings. The van der Waals surface area contributed by atoms with Crippen LogP contribution in [0.1, 0.15) is 49.4 Å². The van der Waals surface area contributed by atoms with Gasteiger partial charge in [-0.2, -0.15) is 0 Å². The summed E-state index contributed by atoms with van der Waals surface area (Å²) in [6.07, 6.45) is 8.76. The fourth-order valence-corrected chi connectivity index (χ4v) is 2.48. The molecule has 92 valence electrons. The number of ether oxygens (including phenoxy) is 1. The van der Waals surface area contributed by atoms with Crippen molar-refractivity contribution in [1.29, 1.82) is 0 Å². The van der Waals surface area contributed by atoms with Gasteiger partial charge in [-0.1, -0.05) is 13.3 Å². The zero-order chi connectivity index (χ0) is 12.1. The summed E-state index contributed by atoms with van der Waals surface area (Å²) in [4.78, 5) is 14.7. The third-order valence-electron chi connectivity index (χ3n) is 3.53. The summed E-state index contributed by atoms with van der Waals surface area (Å²) in [6, 6.07) is 3.53. The van der Waals surface area contributed by atoms with Crippen molar-refractivity contribution >= 4 is 6.29 Å². The van der Waals surface area contributed by atoms with E-state index in [0.717, 1.165) is 19.1 Å². The van der Waals surface area contributed by atoms with Crippen LogP contribution in [0.3, 0.4) is 0 Å². The van der Waals surface area contributed by atoms with Crippen LogP contribution in [0.2, 0.25) is 0 Å². The number of carbonyl (C=O) groups excluding carboxylic acids is 1. The average molecular weight is 233 g/mol. The van der Waals surface area contributed by atoms with E-state index < -0.39 is 0 Å². The van der Waals surface area contributed by atoms with E-state index in [1.165, 1.54) is 19.3 Å². The van der Waals surface area contributed by atoms with Gasteiger partial charge in [-0.25, -0.2) is 4.98 Å². The molecule has 3 heteroatoms. The number of hydrogen-bond donors (Lipinski definition) is 0. The molecule has 0 aromatic carbocycles. The Morgan fingerprint density at radius 2 is 2.24 bits per heavy atom. The summed E-state index contributed by atoms with van der Waals surface area (Å²) in [5.41, 5.74) is 0.591. The Labute approximate surface area is 102 Å². The van der Waals surface area contributed by atoms with Crippen LogP contribution in [0.25, 0.3) is 0 Å². The van der Waals surface area contributed by atoms with E-state index in [1.54, 1.807) is 18.3 Å². The van der Waals surface area contributed by atoms with Gasteiger partial charge in [0.25, 0.3) is 0 Å². The Bertz CT molecular complexity index is 361. The number of aldehydes is 1.